The van der Waals surface area contributed by atoms with E-state index in [1.807, 2.05) is 48.5 Å². The normalized spacial score (nSPS) is 8.81. The van der Waals surface area contributed by atoms with Crippen LogP contribution in [0.5, 0.6) is 0 Å². The molecule has 0 saturated carbocycles. The van der Waals surface area contributed by atoms with Crippen molar-refractivity contribution in [1.82, 2.24) is 0 Å². The topological polar surface area (TPSA) is 281 Å². The number of hydrogen-bond donors (Lipinski definition) is 0. The van der Waals surface area contributed by atoms with Crippen molar-refractivity contribution in [1.29, 1.82) is 0 Å². The van der Waals surface area contributed by atoms with Gasteiger partial charge in [0.15, 0.2) is 0 Å². The van der Waals surface area contributed by atoms with Crippen molar-refractivity contribution >= 4 is 68.0 Å². The van der Waals surface area contributed by atoms with Gasteiger partial charge in [-0.1, -0.05) is 138 Å². The van der Waals surface area contributed by atoms with Gasteiger partial charge in [-0.15, -0.1) is 0 Å². The smallest absolute Gasteiger partial charge is 0.550 e. The van der Waals surface area contributed by atoms with Gasteiger partial charge in [0.2, 0.25) is 0 Å². The monoisotopic (exact) mass is 1110 g/mol. The summed E-state index contributed by atoms with van der Waals surface area (Å²) >= 11 is 0. The maximum atomic E-state index is 9.76. The average Bonchev–Trinajstić information content (AvgIpc) is 3.10. The van der Waals surface area contributed by atoms with Crippen LogP contribution >= 0.6 is 0 Å². The third-order valence-electron chi connectivity index (χ3n) is 6.89. The molecule has 0 spiro atoms. The number of carboxylic acid groups (broad SMARTS) is 7. The summed E-state index contributed by atoms with van der Waals surface area (Å²) in [5.74, 6) is -6.52. The number of aliphatic carboxylic acids is 7. The molecule has 0 atom stereocenters. The van der Waals surface area contributed by atoms with Gasteiger partial charge >= 0.3 is 47.3 Å². The molecular formula is C42H77BiMoO14. The van der Waals surface area contributed by atoms with Gasteiger partial charge in [0.05, 0.1) is 0 Å². The minimum atomic E-state index is -0.932. The molecule has 0 amide bonds. The third-order valence-corrected chi connectivity index (χ3v) is 6.89. The van der Waals surface area contributed by atoms with E-state index in [9.17, 15) is 69.3 Å². The Bertz CT molecular complexity index is 694. The second-order valence-corrected chi connectivity index (χ2v) is 12.8. The van der Waals surface area contributed by atoms with Crippen molar-refractivity contribution in [2.24, 2.45) is 0 Å². The van der Waals surface area contributed by atoms with Gasteiger partial charge in [0.1, 0.15) is 0 Å². The summed E-state index contributed by atoms with van der Waals surface area (Å²) in [4.78, 5) is 68.3. The molecule has 340 valence electrons. The molecule has 0 aromatic heterocycles. The standard InChI is InChI=1S/7C6H12O2.Bi.Mo/c7*1-2-3-4-5-6(7)8;;/h7*2-5H2,1H3,(H,7,8);;/q;;;;;;;+3;+4/p-7. The summed E-state index contributed by atoms with van der Waals surface area (Å²) in [6.07, 6.45) is 21.2. The molecule has 0 saturated heterocycles. The molecule has 0 aliphatic carbocycles. The van der Waals surface area contributed by atoms with Gasteiger partial charge in [-0.25, -0.2) is 0 Å². The molecule has 0 bridgehead atoms. The van der Waals surface area contributed by atoms with Gasteiger partial charge in [0, 0.05) is 41.8 Å². The van der Waals surface area contributed by atoms with Crippen LogP contribution in [-0.2, 0) is 54.6 Å². The third kappa shape index (κ3) is 139. The molecule has 0 rings (SSSR count). The molecule has 0 N–H and O–H groups in total. The Morgan fingerprint density at radius 1 is 0.241 bits per heavy atom. The zero-order chi connectivity index (χ0) is 44.8. The number of rotatable bonds is 28. The number of carboxylic acids is 7. The average molecular weight is 1110 g/mol. The molecule has 0 aromatic carbocycles. The summed E-state index contributed by atoms with van der Waals surface area (Å²) in [5.41, 5.74) is 0. The van der Waals surface area contributed by atoms with Crippen molar-refractivity contribution in [3.8, 4) is 0 Å². The Morgan fingerprint density at radius 2 is 0.328 bits per heavy atom. The molecule has 2 radical (unpaired) electrons. The summed E-state index contributed by atoms with van der Waals surface area (Å²) in [7, 11) is 0. The van der Waals surface area contributed by atoms with Crippen molar-refractivity contribution in [2.75, 3.05) is 0 Å². The minimum absolute atomic E-state index is 0. The van der Waals surface area contributed by atoms with Crippen molar-refractivity contribution in [3.63, 3.8) is 0 Å². The zero-order valence-electron chi connectivity index (χ0n) is 36.9. The van der Waals surface area contributed by atoms with E-state index in [-0.39, 0.29) is 92.2 Å². The first-order valence-electron chi connectivity index (χ1n) is 20.8. The first-order valence-corrected chi connectivity index (χ1v) is 20.8. The Morgan fingerprint density at radius 3 is 0.379 bits per heavy atom. The molecule has 0 heterocycles. The molecule has 16 heteroatoms. The summed E-state index contributed by atoms with van der Waals surface area (Å²) in [5, 5.41) is 68.3. The van der Waals surface area contributed by atoms with Crippen LogP contribution in [0.25, 0.3) is 0 Å². The van der Waals surface area contributed by atoms with Crippen LogP contribution in [-0.4, -0.2) is 68.0 Å². The second kappa shape index (κ2) is 72.5. The molecule has 0 unspecified atom stereocenters. The van der Waals surface area contributed by atoms with Crippen molar-refractivity contribution in [2.45, 2.75) is 228 Å². The van der Waals surface area contributed by atoms with Crippen LogP contribution in [0.3, 0.4) is 0 Å². The van der Waals surface area contributed by atoms with Gasteiger partial charge in [0.25, 0.3) is 0 Å². The van der Waals surface area contributed by atoms with Crippen molar-refractivity contribution in [3.05, 3.63) is 0 Å². The van der Waals surface area contributed by atoms with E-state index in [0.717, 1.165) is 135 Å². The fourth-order valence-corrected chi connectivity index (χ4v) is 3.64. The number of carbonyl (C=O) groups excluding carboxylic acids is 7. The minimum Gasteiger partial charge on any atom is -0.550 e. The number of unbranched alkanes of at least 4 members (excludes halogenated alkanes) is 14. The quantitative estimate of drug-likeness (QED) is 0.0799. The molecule has 0 aliphatic rings. The van der Waals surface area contributed by atoms with E-state index in [1.54, 1.807) is 0 Å². The van der Waals surface area contributed by atoms with E-state index in [4.69, 9.17) is 0 Å². The fourth-order valence-electron chi connectivity index (χ4n) is 3.64. The van der Waals surface area contributed by atoms with E-state index in [1.165, 1.54) is 0 Å². The van der Waals surface area contributed by atoms with Gasteiger partial charge in [-0.2, -0.15) is 0 Å². The van der Waals surface area contributed by atoms with E-state index >= 15 is 0 Å². The van der Waals surface area contributed by atoms with Crippen LogP contribution in [0.4, 0.5) is 0 Å². The predicted octanol–water partition coefficient (Wildman–Crippen LogP) is 1.83. The van der Waals surface area contributed by atoms with E-state index in [0.29, 0.717) is 0 Å². The van der Waals surface area contributed by atoms with Crippen LogP contribution in [0.1, 0.15) is 228 Å². The fraction of sp³-hybridized carbons (Fsp3) is 0.833. The Hall–Kier alpha value is -2.14. The molecule has 58 heavy (non-hydrogen) atoms. The largest absolute Gasteiger partial charge is 4.00 e. The summed E-state index contributed by atoms with van der Waals surface area (Å²) < 4.78 is 0. The second-order valence-electron chi connectivity index (χ2n) is 12.8. The first-order chi connectivity index (χ1) is 26.4. The Kier molecular flexibility index (Phi) is 95.7. The number of carbonyl (C=O) groups is 7. The zero-order valence-corrected chi connectivity index (χ0v) is 42.4. The van der Waals surface area contributed by atoms with E-state index in [2.05, 4.69) is 0 Å². The molecular weight excluding hydrogens is 1030 g/mol. The first kappa shape index (κ1) is 76.6. The number of hydrogen-bond acceptors (Lipinski definition) is 14. The van der Waals surface area contributed by atoms with Crippen LogP contribution in [0.15, 0.2) is 0 Å². The summed E-state index contributed by atoms with van der Waals surface area (Å²) in [6, 6.07) is 0. The maximum absolute atomic E-state index is 9.76. The SMILES string of the molecule is CCCCCC(=O)[O-].CCCCCC(=O)[O-].CCCCCC(=O)[O-].CCCCCC(=O)[O-].CCCCCC(=O)[O-].CCCCCC(=O)[O-].CCCCCC(=O)[O-].[Bi+3].[Mo+4]. The molecule has 0 aliphatic heterocycles. The van der Waals surface area contributed by atoms with Gasteiger partial charge in [-0.3, -0.25) is 0 Å². The van der Waals surface area contributed by atoms with Crippen LogP contribution in [0, 0.1) is 0 Å². The van der Waals surface area contributed by atoms with Crippen LogP contribution in [0.2, 0.25) is 0 Å². The van der Waals surface area contributed by atoms with Gasteiger partial charge in [-0.05, 0) is 89.9 Å². The molecule has 14 nitrogen and oxygen atoms in total. The molecule has 0 fully saturated rings. The molecule has 0 aromatic rings. The van der Waals surface area contributed by atoms with Crippen molar-refractivity contribution < 1.29 is 90.4 Å². The van der Waals surface area contributed by atoms with Gasteiger partial charge < -0.3 is 69.3 Å². The maximum Gasteiger partial charge on any atom is 4.00 e. The van der Waals surface area contributed by atoms with E-state index < -0.39 is 41.8 Å². The Labute approximate surface area is 384 Å². The summed E-state index contributed by atoms with van der Waals surface area (Å²) in [6.45, 7) is 14.3. The Balaban J connectivity index is -0.0000000686. The predicted molar refractivity (Wildman–Crippen MR) is 210 cm³/mol. The van der Waals surface area contributed by atoms with Crippen LogP contribution < -0.4 is 35.7 Å².